The molecule has 12 rings (SSSR count). The minimum Gasteiger partial charge on any atom is -0.311 e. The zero-order valence-corrected chi connectivity index (χ0v) is 46.6. The highest BCUT2D eigenvalue weighted by Gasteiger charge is 2.46. The first-order valence-corrected chi connectivity index (χ1v) is 28.4. The van der Waals surface area contributed by atoms with Gasteiger partial charge in [0.15, 0.2) is 0 Å². The maximum atomic E-state index is 2.67. The molecule has 2 aliphatic heterocycles. The van der Waals surface area contributed by atoms with Crippen molar-refractivity contribution in [1.29, 1.82) is 0 Å². The largest absolute Gasteiger partial charge is 0.311 e. The molecule has 0 unspecified atom stereocenters. The van der Waals surface area contributed by atoms with Gasteiger partial charge in [0.2, 0.25) is 0 Å². The van der Waals surface area contributed by atoms with Crippen LogP contribution in [-0.2, 0) is 21.7 Å². The Morgan fingerprint density at radius 3 is 1.47 bits per heavy atom. The normalized spacial score (nSPS) is 13.8. The van der Waals surface area contributed by atoms with Crippen LogP contribution in [0.2, 0.25) is 0 Å². The smallest absolute Gasteiger partial charge is 0.264 e. The monoisotopic (exact) mass is 983 g/mol. The summed E-state index contributed by atoms with van der Waals surface area (Å²) in [5.74, 6) is 0. The first kappa shape index (κ1) is 48.3. The van der Waals surface area contributed by atoms with Crippen molar-refractivity contribution in [2.75, 3.05) is 9.80 Å². The van der Waals surface area contributed by atoms with E-state index in [1.165, 1.54) is 126 Å². The molecule has 0 bridgehead atoms. The summed E-state index contributed by atoms with van der Waals surface area (Å²) in [6.07, 6.45) is 4.23. The summed E-state index contributed by atoms with van der Waals surface area (Å²) in [5, 5.41) is 9.11. The minimum atomic E-state index is -0.0315. The van der Waals surface area contributed by atoms with E-state index in [2.05, 4.69) is 257 Å². The molecule has 1 aromatic heterocycles. The Labute approximate surface area is 445 Å². The van der Waals surface area contributed by atoms with Crippen molar-refractivity contribution < 1.29 is 0 Å². The fourth-order valence-electron chi connectivity index (χ4n) is 12.2. The number of fused-ring (bicyclic) bond motifs is 12. The van der Waals surface area contributed by atoms with E-state index in [0.29, 0.717) is 0 Å². The molecule has 0 N–H and O–H groups in total. The molecule has 0 atom stereocenters. The van der Waals surface area contributed by atoms with Crippen molar-refractivity contribution in [2.24, 2.45) is 0 Å². The van der Waals surface area contributed by atoms with Crippen LogP contribution in [-0.4, -0.2) is 6.71 Å². The molecule has 3 heterocycles. The Kier molecular flexibility index (Phi) is 11.4. The van der Waals surface area contributed by atoms with Gasteiger partial charge in [-0.2, -0.15) is 0 Å². The molecule has 0 aliphatic carbocycles. The lowest BCUT2D eigenvalue weighted by atomic mass is 9.36. The maximum Gasteiger partial charge on any atom is 0.264 e. The lowest BCUT2D eigenvalue weighted by Crippen LogP contribution is -2.60. The van der Waals surface area contributed by atoms with Gasteiger partial charge in [0, 0.05) is 43.2 Å². The third kappa shape index (κ3) is 7.32. The third-order valence-corrected chi connectivity index (χ3v) is 19.9. The van der Waals surface area contributed by atoms with Gasteiger partial charge in [0.05, 0.1) is 11.4 Å². The number of hydrogen-bond acceptors (Lipinski definition) is 3. The maximum absolute atomic E-state index is 2.67. The Bertz CT molecular complexity index is 3820. The predicted octanol–water partition coefficient (Wildman–Crippen LogP) is 18.9. The molecule has 0 saturated carbocycles. The van der Waals surface area contributed by atoms with E-state index >= 15 is 0 Å². The van der Waals surface area contributed by atoms with Crippen molar-refractivity contribution in [3.63, 3.8) is 0 Å². The highest BCUT2D eigenvalue weighted by Crippen LogP contribution is 2.52. The molecule has 0 radical (unpaired) electrons. The van der Waals surface area contributed by atoms with Crippen molar-refractivity contribution >= 4 is 110 Å². The lowest BCUT2D eigenvalue weighted by Gasteiger charge is -2.44. The highest BCUT2D eigenvalue weighted by molar-refractivity contribution is 7.33. The molecular formula is C70H71BN2S. The molecule has 10 aromatic rings. The zero-order chi connectivity index (χ0) is 51.6. The second-order valence-corrected chi connectivity index (χ2v) is 25.2. The summed E-state index contributed by atoms with van der Waals surface area (Å²) in [5.41, 5.74) is 18.3. The summed E-state index contributed by atoms with van der Waals surface area (Å²) >= 11 is 2.01. The Morgan fingerprint density at radius 2 is 0.865 bits per heavy atom. The SMILES string of the molecule is CCC(C)(C)c1ccc(N2c3cccc4c3B(c3cc(C(C)(C)CC)ccc3N4c3ccc(C(C)(C)CC)cc3-c3cccc4c5ccccc5c5ccccc5c34)c3sc4ccc(C(C)(C)CC)cc4c32)cc1. The van der Waals surface area contributed by atoms with Gasteiger partial charge in [0.25, 0.3) is 6.71 Å². The standard InChI is InChI=1S/C70H71BN2S/c1-13-67(5,6)44-31-36-48(37-32-44)72-60-29-22-30-61-64(60)71(66-65(72)56-42-46(69(9,10)15-3)35-40-62(56)74-66)57-43-47(70(11,12)16-4)34-39-59(57)73(61)58-38-33-45(68(7,8)14-2)41-55(58)54-28-21-27-53-51-24-18-17-23-49(51)50-25-19-20-26-52(50)63(53)54/h17-43H,13-16H2,1-12H3. The molecule has 2 nitrogen and oxygen atoms in total. The van der Waals surface area contributed by atoms with Crippen LogP contribution in [0.15, 0.2) is 164 Å². The number of thiophene rings is 1. The summed E-state index contributed by atoms with van der Waals surface area (Å²) in [7, 11) is 0. The van der Waals surface area contributed by atoms with Crippen LogP contribution in [0.5, 0.6) is 0 Å². The van der Waals surface area contributed by atoms with Gasteiger partial charge in [-0.3, -0.25) is 0 Å². The molecule has 4 heteroatoms. The van der Waals surface area contributed by atoms with Crippen molar-refractivity contribution in [2.45, 2.75) is 130 Å². The predicted molar refractivity (Wildman–Crippen MR) is 327 cm³/mol. The molecule has 0 spiro atoms. The number of nitrogens with zero attached hydrogens (tertiary/aromatic N) is 2. The summed E-state index contributed by atoms with van der Waals surface area (Å²) in [6.45, 7) is 28.5. The van der Waals surface area contributed by atoms with E-state index in [-0.39, 0.29) is 28.4 Å². The van der Waals surface area contributed by atoms with E-state index in [9.17, 15) is 0 Å². The topological polar surface area (TPSA) is 6.48 Å². The van der Waals surface area contributed by atoms with Gasteiger partial charge in [-0.15, -0.1) is 11.3 Å². The van der Waals surface area contributed by atoms with Crippen LogP contribution in [0.3, 0.4) is 0 Å². The van der Waals surface area contributed by atoms with Crippen LogP contribution in [0, 0.1) is 0 Å². The number of hydrogen-bond donors (Lipinski definition) is 0. The average Bonchev–Trinajstić information content (AvgIpc) is 3.82. The second-order valence-electron chi connectivity index (χ2n) is 24.2. The highest BCUT2D eigenvalue weighted by atomic mass is 32.1. The van der Waals surface area contributed by atoms with Gasteiger partial charge < -0.3 is 9.80 Å². The fourth-order valence-corrected chi connectivity index (χ4v) is 13.5. The quantitative estimate of drug-likeness (QED) is 0.0941. The molecule has 0 saturated heterocycles. The second kappa shape index (κ2) is 17.5. The zero-order valence-electron chi connectivity index (χ0n) is 45.8. The van der Waals surface area contributed by atoms with Crippen molar-refractivity contribution in [1.82, 2.24) is 0 Å². The number of anilines is 6. The Hall–Kier alpha value is -6.62. The van der Waals surface area contributed by atoms with Crippen LogP contribution >= 0.6 is 11.3 Å². The minimum absolute atomic E-state index is 0.0106. The van der Waals surface area contributed by atoms with Crippen LogP contribution in [0.25, 0.3) is 53.5 Å². The Morgan fingerprint density at radius 1 is 0.392 bits per heavy atom. The van der Waals surface area contributed by atoms with Gasteiger partial charge in [-0.1, -0.05) is 192 Å². The van der Waals surface area contributed by atoms with Gasteiger partial charge in [-0.05, 0) is 173 Å². The molecular weight excluding hydrogens is 912 g/mol. The fraction of sp³-hybridized carbons (Fsp3) is 0.286. The van der Waals surface area contributed by atoms with Crippen LogP contribution in [0.1, 0.15) is 131 Å². The van der Waals surface area contributed by atoms with Crippen LogP contribution < -0.4 is 25.5 Å². The summed E-state index contributed by atoms with van der Waals surface area (Å²) < 4.78 is 2.76. The van der Waals surface area contributed by atoms with E-state index in [4.69, 9.17) is 0 Å². The molecule has 2 aliphatic rings. The van der Waals surface area contributed by atoms with Crippen LogP contribution in [0.4, 0.5) is 34.1 Å². The van der Waals surface area contributed by atoms with Crippen molar-refractivity contribution in [3.05, 3.63) is 186 Å². The van der Waals surface area contributed by atoms with Gasteiger partial charge >= 0.3 is 0 Å². The Balaban J connectivity index is 1.19. The van der Waals surface area contributed by atoms with Gasteiger partial charge in [-0.25, -0.2) is 0 Å². The molecule has 9 aromatic carbocycles. The number of benzene rings is 9. The first-order valence-electron chi connectivity index (χ1n) is 27.5. The molecule has 74 heavy (non-hydrogen) atoms. The number of rotatable bonds is 11. The first-order chi connectivity index (χ1) is 35.5. The lowest BCUT2D eigenvalue weighted by molar-refractivity contribution is 0.506. The van der Waals surface area contributed by atoms with E-state index < -0.39 is 0 Å². The molecule has 0 fully saturated rings. The summed E-state index contributed by atoms with van der Waals surface area (Å²) in [6, 6.07) is 64.2. The van der Waals surface area contributed by atoms with E-state index in [1.54, 1.807) is 0 Å². The van der Waals surface area contributed by atoms with Crippen molar-refractivity contribution in [3.8, 4) is 11.1 Å². The van der Waals surface area contributed by atoms with Gasteiger partial charge in [0.1, 0.15) is 0 Å². The summed E-state index contributed by atoms with van der Waals surface area (Å²) in [4.78, 5) is 5.31. The van der Waals surface area contributed by atoms with E-state index in [0.717, 1.165) is 25.7 Å². The third-order valence-electron chi connectivity index (χ3n) is 18.7. The van der Waals surface area contributed by atoms with E-state index in [1.807, 2.05) is 11.3 Å². The average molecular weight is 983 g/mol. The molecule has 370 valence electrons. The molecule has 0 amide bonds.